The monoisotopic (exact) mass is 307 g/mol. The third-order valence-electron chi connectivity index (χ3n) is 3.47. The van der Waals surface area contributed by atoms with Crippen LogP contribution in [0.25, 0.3) is 0 Å². The fourth-order valence-corrected chi connectivity index (χ4v) is 3.28. The zero-order valence-electron chi connectivity index (χ0n) is 11.3. The number of aromatic nitrogens is 3. The number of rotatable bonds is 4. The van der Waals surface area contributed by atoms with Crippen LogP contribution in [-0.2, 0) is 18.7 Å². The van der Waals surface area contributed by atoms with E-state index in [9.17, 15) is 9.18 Å². The molecule has 0 aliphatic carbocycles. The molecule has 0 fully saturated rings. The molecule has 0 saturated heterocycles. The van der Waals surface area contributed by atoms with Crippen LogP contribution in [0.5, 0.6) is 0 Å². The van der Waals surface area contributed by atoms with Gasteiger partial charge >= 0.3 is 5.97 Å². The van der Waals surface area contributed by atoms with Gasteiger partial charge in [0, 0.05) is 17.9 Å². The van der Waals surface area contributed by atoms with Crippen LogP contribution >= 0.6 is 11.8 Å². The highest BCUT2D eigenvalue weighted by Crippen LogP contribution is 2.27. The highest BCUT2D eigenvalue weighted by molar-refractivity contribution is 7.98. The topological polar surface area (TPSA) is 68.0 Å². The third-order valence-corrected chi connectivity index (χ3v) is 4.50. The molecule has 0 spiro atoms. The van der Waals surface area contributed by atoms with Gasteiger partial charge in [-0.2, -0.15) is 0 Å². The van der Waals surface area contributed by atoms with Gasteiger partial charge in [0.25, 0.3) is 0 Å². The van der Waals surface area contributed by atoms with E-state index >= 15 is 0 Å². The average Bonchev–Trinajstić information content (AvgIpc) is 2.89. The van der Waals surface area contributed by atoms with Gasteiger partial charge in [-0.05, 0) is 31.0 Å². The Hall–Kier alpha value is -1.89. The zero-order chi connectivity index (χ0) is 14.8. The maximum Gasteiger partial charge on any atom is 0.335 e. The molecule has 5 nitrogen and oxygen atoms in total. The summed E-state index contributed by atoms with van der Waals surface area (Å²) in [5, 5.41) is 17.3. The molecule has 21 heavy (non-hydrogen) atoms. The predicted octanol–water partition coefficient (Wildman–Crippen LogP) is 2.74. The summed E-state index contributed by atoms with van der Waals surface area (Å²) in [6.45, 7) is 0.899. The van der Waals surface area contributed by atoms with E-state index in [-0.39, 0.29) is 5.56 Å². The molecule has 1 aromatic heterocycles. The summed E-state index contributed by atoms with van der Waals surface area (Å²) in [4.78, 5) is 11.3. The minimum Gasteiger partial charge on any atom is -0.478 e. The molecule has 0 bridgehead atoms. The Morgan fingerprint density at radius 2 is 2.24 bits per heavy atom. The Labute approximate surface area is 125 Å². The van der Waals surface area contributed by atoms with Crippen LogP contribution in [0.2, 0.25) is 0 Å². The fraction of sp³-hybridized carbons (Fsp3) is 0.357. The summed E-state index contributed by atoms with van der Waals surface area (Å²) in [6.07, 6.45) is 3.16. The van der Waals surface area contributed by atoms with Crippen molar-refractivity contribution in [2.24, 2.45) is 0 Å². The number of hydrogen-bond donors (Lipinski definition) is 1. The van der Waals surface area contributed by atoms with Gasteiger partial charge in [0.1, 0.15) is 17.5 Å². The summed E-state index contributed by atoms with van der Waals surface area (Å²) in [7, 11) is 0. The van der Waals surface area contributed by atoms with Crippen LogP contribution in [-0.4, -0.2) is 25.8 Å². The minimum atomic E-state index is -1.06. The van der Waals surface area contributed by atoms with Gasteiger partial charge in [-0.25, -0.2) is 9.18 Å². The van der Waals surface area contributed by atoms with Crippen molar-refractivity contribution in [3.05, 3.63) is 41.2 Å². The van der Waals surface area contributed by atoms with Gasteiger partial charge in [0.15, 0.2) is 0 Å². The van der Waals surface area contributed by atoms with Crippen molar-refractivity contribution in [1.82, 2.24) is 14.8 Å². The van der Waals surface area contributed by atoms with Crippen molar-refractivity contribution in [3.8, 4) is 0 Å². The van der Waals surface area contributed by atoms with E-state index in [1.54, 1.807) is 0 Å². The lowest BCUT2D eigenvalue weighted by molar-refractivity contribution is 0.0696. The van der Waals surface area contributed by atoms with Crippen molar-refractivity contribution in [2.45, 2.75) is 36.5 Å². The van der Waals surface area contributed by atoms with E-state index < -0.39 is 11.8 Å². The van der Waals surface area contributed by atoms with Gasteiger partial charge in [-0.1, -0.05) is 0 Å². The average molecular weight is 307 g/mol. The summed E-state index contributed by atoms with van der Waals surface area (Å²) >= 11 is 1.25. The number of hydrogen-bond acceptors (Lipinski definition) is 4. The van der Waals surface area contributed by atoms with Gasteiger partial charge in [0.2, 0.25) is 0 Å². The molecule has 1 aliphatic heterocycles. The molecular formula is C14H14FN3O2S. The minimum absolute atomic E-state index is 0.0853. The van der Waals surface area contributed by atoms with Gasteiger partial charge in [-0.15, -0.1) is 22.0 Å². The van der Waals surface area contributed by atoms with Crippen LogP contribution < -0.4 is 0 Å². The first kappa shape index (κ1) is 14.1. The normalized spacial score (nSPS) is 14.0. The maximum atomic E-state index is 13.7. The molecule has 0 unspecified atom stereocenters. The van der Waals surface area contributed by atoms with Crippen molar-refractivity contribution in [3.63, 3.8) is 0 Å². The summed E-state index contributed by atoms with van der Waals surface area (Å²) in [5.41, 5.74) is 0.0853. The number of aromatic carboxylic acids is 1. The van der Waals surface area contributed by atoms with E-state index in [2.05, 4.69) is 14.8 Å². The third kappa shape index (κ3) is 2.92. The van der Waals surface area contributed by atoms with Crippen LogP contribution in [0.4, 0.5) is 4.39 Å². The first-order valence-electron chi connectivity index (χ1n) is 6.72. The number of aryl methyl sites for hydroxylation is 1. The van der Waals surface area contributed by atoms with Crippen molar-refractivity contribution >= 4 is 17.7 Å². The van der Waals surface area contributed by atoms with Crippen LogP contribution in [0.3, 0.4) is 0 Å². The molecule has 0 atom stereocenters. The van der Waals surface area contributed by atoms with Crippen molar-refractivity contribution < 1.29 is 14.3 Å². The standard InChI is InChI=1S/C14H14FN3O2S/c15-10-5-4-9(14(19)20)7-11(10)21-8-13-17-16-12-3-1-2-6-18(12)13/h4-5,7H,1-3,6,8H2,(H,19,20). The van der Waals surface area contributed by atoms with Crippen LogP contribution in [0.15, 0.2) is 23.1 Å². The molecule has 0 radical (unpaired) electrons. The van der Waals surface area contributed by atoms with Gasteiger partial charge in [-0.3, -0.25) is 0 Å². The lowest BCUT2D eigenvalue weighted by Crippen LogP contribution is -2.12. The molecule has 1 N–H and O–H groups in total. The van der Waals surface area contributed by atoms with E-state index in [1.807, 2.05) is 0 Å². The van der Waals surface area contributed by atoms with E-state index in [1.165, 1.54) is 30.0 Å². The number of carboxylic acids is 1. The SMILES string of the molecule is O=C(O)c1ccc(F)c(SCc2nnc3n2CCCC3)c1. The number of benzene rings is 1. The first-order valence-corrected chi connectivity index (χ1v) is 7.70. The molecule has 110 valence electrons. The summed E-state index contributed by atoms with van der Waals surface area (Å²) in [5.74, 6) is 0.805. The lowest BCUT2D eigenvalue weighted by Gasteiger charge is -2.14. The molecule has 1 aromatic carbocycles. The second kappa shape index (κ2) is 5.85. The summed E-state index contributed by atoms with van der Waals surface area (Å²) in [6, 6.07) is 3.81. The largest absolute Gasteiger partial charge is 0.478 e. The molecule has 1 aliphatic rings. The van der Waals surface area contributed by atoms with Gasteiger partial charge in [0.05, 0.1) is 11.3 Å². The second-order valence-electron chi connectivity index (χ2n) is 4.88. The van der Waals surface area contributed by atoms with E-state index in [0.29, 0.717) is 10.6 Å². The van der Waals surface area contributed by atoms with Crippen LogP contribution in [0.1, 0.15) is 34.8 Å². The lowest BCUT2D eigenvalue weighted by atomic mass is 10.2. The molecule has 2 aromatic rings. The number of fused-ring (bicyclic) bond motifs is 1. The molecule has 2 heterocycles. The Balaban J connectivity index is 1.77. The smallest absolute Gasteiger partial charge is 0.335 e. The predicted molar refractivity (Wildman–Crippen MR) is 75.9 cm³/mol. The Morgan fingerprint density at radius 1 is 1.38 bits per heavy atom. The van der Waals surface area contributed by atoms with E-state index in [4.69, 9.17) is 5.11 Å². The Kier molecular flexibility index (Phi) is 3.92. The molecule has 7 heteroatoms. The quantitative estimate of drug-likeness (QED) is 0.880. The number of halogens is 1. The Morgan fingerprint density at radius 3 is 3.05 bits per heavy atom. The highest BCUT2D eigenvalue weighted by atomic mass is 32.2. The van der Waals surface area contributed by atoms with E-state index in [0.717, 1.165) is 37.5 Å². The van der Waals surface area contributed by atoms with Crippen LogP contribution in [0, 0.1) is 5.82 Å². The fourth-order valence-electron chi connectivity index (χ4n) is 2.36. The molecule has 3 rings (SSSR count). The molecule has 0 saturated carbocycles. The zero-order valence-corrected chi connectivity index (χ0v) is 12.1. The van der Waals surface area contributed by atoms with Crippen molar-refractivity contribution in [1.29, 1.82) is 0 Å². The first-order chi connectivity index (χ1) is 10.1. The number of nitrogens with zero attached hydrogens (tertiary/aromatic N) is 3. The summed E-state index contributed by atoms with van der Waals surface area (Å²) < 4.78 is 15.8. The Bertz CT molecular complexity index is 687. The number of thioether (sulfide) groups is 1. The maximum absolute atomic E-state index is 13.7. The molecule has 0 amide bonds. The number of carboxylic acid groups (broad SMARTS) is 1. The second-order valence-corrected chi connectivity index (χ2v) is 5.90. The van der Waals surface area contributed by atoms with Crippen molar-refractivity contribution in [2.75, 3.05) is 0 Å². The molecular weight excluding hydrogens is 293 g/mol. The highest BCUT2D eigenvalue weighted by Gasteiger charge is 2.16. The number of carbonyl (C=O) groups is 1. The van der Waals surface area contributed by atoms with Gasteiger partial charge < -0.3 is 9.67 Å².